The summed E-state index contributed by atoms with van der Waals surface area (Å²) < 4.78 is 0. The van der Waals surface area contributed by atoms with Gasteiger partial charge in [0.2, 0.25) is 0 Å². The maximum Gasteiger partial charge on any atom is 4.00 e. The molecular formula is C11H20Zr. The molecule has 0 amide bonds. The molecule has 12 heavy (non-hydrogen) atoms. The largest absolute Gasteiger partial charge is 4.00 e. The molecule has 0 aromatic heterocycles. The van der Waals surface area contributed by atoms with Crippen LogP contribution in [0.25, 0.3) is 0 Å². The van der Waals surface area contributed by atoms with Gasteiger partial charge in [0.1, 0.15) is 0 Å². The molecule has 0 radical (unpaired) electrons. The first-order valence-electron chi connectivity index (χ1n) is 3.42. The fourth-order valence-electron chi connectivity index (χ4n) is 0.340. The van der Waals surface area contributed by atoms with Gasteiger partial charge in [-0.3, -0.25) is 6.08 Å². The molecular weight excluding hydrogens is 223 g/mol. The van der Waals surface area contributed by atoms with E-state index in [1.165, 1.54) is 6.42 Å². The molecule has 0 atom stereocenters. The molecule has 0 bridgehead atoms. The van der Waals surface area contributed by atoms with Gasteiger partial charge in [-0.25, -0.2) is 12.2 Å². The predicted octanol–water partition coefficient (Wildman–Crippen LogP) is 3.82. The van der Waals surface area contributed by atoms with Gasteiger partial charge >= 0.3 is 26.2 Å². The summed E-state index contributed by atoms with van der Waals surface area (Å²) in [5.41, 5.74) is 0. The van der Waals surface area contributed by atoms with E-state index < -0.39 is 0 Å². The first-order chi connectivity index (χ1) is 4.41. The Bertz CT molecular complexity index is 81.2. The van der Waals surface area contributed by atoms with Gasteiger partial charge in [0, 0.05) is 0 Å². The maximum absolute atomic E-state index is 3.60. The fraction of sp³-hybridized carbons (Fsp3) is 0.364. The molecule has 0 fully saturated rings. The molecule has 68 valence electrons. The van der Waals surface area contributed by atoms with E-state index >= 15 is 0 Å². The maximum atomic E-state index is 3.60. The topological polar surface area (TPSA) is 0 Å². The van der Waals surface area contributed by atoms with Crippen molar-refractivity contribution in [2.75, 3.05) is 0 Å². The van der Waals surface area contributed by atoms with E-state index in [1.54, 1.807) is 0 Å². The predicted molar refractivity (Wildman–Crippen MR) is 54.7 cm³/mol. The van der Waals surface area contributed by atoms with Crippen LogP contribution in [0.5, 0.6) is 0 Å². The zero-order chi connectivity index (χ0) is 6.95. The SMILES string of the molecule is [C-]1=CC=CC1.[CH2-]CCC.[CH3-].[CH3-].[Zr+4]. The van der Waals surface area contributed by atoms with E-state index in [0.29, 0.717) is 0 Å². The third kappa shape index (κ3) is 22.4. The summed E-state index contributed by atoms with van der Waals surface area (Å²) in [5.74, 6) is 0. The number of allylic oxidation sites excluding steroid dienone is 4. The molecule has 0 N–H and O–H groups in total. The van der Waals surface area contributed by atoms with Gasteiger partial charge in [0.25, 0.3) is 0 Å². The first-order valence-corrected chi connectivity index (χ1v) is 3.42. The summed E-state index contributed by atoms with van der Waals surface area (Å²) >= 11 is 0. The molecule has 0 spiro atoms. The smallest absolute Gasteiger partial charge is 0.358 e. The van der Waals surface area contributed by atoms with Crippen LogP contribution in [0.15, 0.2) is 18.2 Å². The zero-order valence-corrected chi connectivity index (χ0v) is 11.0. The van der Waals surface area contributed by atoms with Gasteiger partial charge in [0.05, 0.1) is 0 Å². The van der Waals surface area contributed by atoms with Crippen LogP contribution < -0.4 is 0 Å². The van der Waals surface area contributed by atoms with E-state index in [9.17, 15) is 0 Å². The minimum absolute atomic E-state index is 0. The van der Waals surface area contributed by atoms with Crippen molar-refractivity contribution < 1.29 is 26.2 Å². The molecule has 1 rings (SSSR count). The van der Waals surface area contributed by atoms with Crippen molar-refractivity contribution in [2.24, 2.45) is 0 Å². The van der Waals surface area contributed by atoms with Gasteiger partial charge in [-0.15, -0.1) is 6.42 Å². The monoisotopic (exact) mass is 242 g/mol. The quantitative estimate of drug-likeness (QED) is 0.614. The van der Waals surface area contributed by atoms with Gasteiger partial charge in [0.15, 0.2) is 0 Å². The second-order valence-electron chi connectivity index (χ2n) is 1.86. The average molecular weight is 244 g/mol. The van der Waals surface area contributed by atoms with Crippen molar-refractivity contribution in [3.8, 4) is 0 Å². The van der Waals surface area contributed by atoms with E-state index in [-0.39, 0.29) is 41.1 Å². The molecule has 1 heteroatoms. The summed E-state index contributed by atoms with van der Waals surface area (Å²) in [6, 6.07) is 0. The number of hydrogen-bond donors (Lipinski definition) is 0. The van der Waals surface area contributed by atoms with Crippen LogP contribution in [0.1, 0.15) is 26.2 Å². The Morgan fingerprint density at radius 3 is 2.00 bits per heavy atom. The molecule has 0 aliphatic heterocycles. The van der Waals surface area contributed by atoms with E-state index in [4.69, 9.17) is 0 Å². The van der Waals surface area contributed by atoms with Gasteiger partial charge in [-0.2, -0.15) is 12.5 Å². The standard InChI is InChI=1S/C5H5.C4H9.2CH3.Zr/c1-2-4-5-3-1;1-3-4-2;;;/h1-3H,4H2;1,3-4H2,2H3;2*1H3;/q4*-1;+4. The zero-order valence-electron chi connectivity index (χ0n) is 8.56. The molecule has 0 heterocycles. The third-order valence-electron chi connectivity index (χ3n) is 0.939. The number of unbranched alkanes of at least 4 members (excludes halogenated alkanes) is 1. The summed E-state index contributed by atoms with van der Waals surface area (Å²) in [6.45, 7) is 5.72. The van der Waals surface area contributed by atoms with Crippen molar-refractivity contribution in [1.29, 1.82) is 0 Å². The van der Waals surface area contributed by atoms with Crippen LogP contribution in [0, 0.1) is 27.9 Å². The second-order valence-corrected chi connectivity index (χ2v) is 1.86. The van der Waals surface area contributed by atoms with Gasteiger partial charge < -0.3 is 21.8 Å². The Hall–Kier alpha value is 0.363. The van der Waals surface area contributed by atoms with Crippen molar-refractivity contribution >= 4 is 0 Å². The molecule has 0 saturated carbocycles. The molecule has 0 saturated heterocycles. The number of hydrogen-bond acceptors (Lipinski definition) is 0. The second kappa shape index (κ2) is 22.5. The van der Waals surface area contributed by atoms with E-state index in [0.717, 1.165) is 12.8 Å². The van der Waals surface area contributed by atoms with Crippen molar-refractivity contribution in [3.63, 3.8) is 0 Å². The molecule has 1 aliphatic carbocycles. The first kappa shape index (κ1) is 22.8. The van der Waals surface area contributed by atoms with E-state index in [2.05, 4.69) is 26.0 Å². The third-order valence-corrected chi connectivity index (χ3v) is 0.939. The normalized spacial score (nSPS) is 9.83. The Balaban J connectivity index is -0.0000000436. The molecule has 0 aromatic carbocycles. The van der Waals surface area contributed by atoms with Gasteiger partial charge in [-0.05, 0) is 0 Å². The average Bonchev–Trinajstić information content (AvgIpc) is 2.43. The Labute approximate surface area is 98.3 Å². The van der Waals surface area contributed by atoms with Crippen LogP contribution in [-0.2, 0) is 26.2 Å². The summed E-state index contributed by atoms with van der Waals surface area (Å²) in [4.78, 5) is 0. The fourth-order valence-corrected chi connectivity index (χ4v) is 0.340. The van der Waals surface area contributed by atoms with Crippen molar-refractivity contribution in [3.05, 3.63) is 46.1 Å². The van der Waals surface area contributed by atoms with Crippen LogP contribution in [0.3, 0.4) is 0 Å². The van der Waals surface area contributed by atoms with E-state index in [1.807, 2.05) is 12.2 Å². The van der Waals surface area contributed by atoms with Crippen LogP contribution >= 0.6 is 0 Å². The Morgan fingerprint density at radius 1 is 1.42 bits per heavy atom. The minimum atomic E-state index is 0. The summed E-state index contributed by atoms with van der Waals surface area (Å²) in [6.07, 6.45) is 12.3. The Morgan fingerprint density at radius 2 is 1.92 bits per heavy atom. The number of rotatable bonds is 1. The Kier molecular flexibility index (Phi) is 42.8. The van der Waals surface area contributed by atoms with Crippen molar-refractivity contribution in [1.82, 2.24) is 0 Å². The minimum Gasteiger partial charge on any atom is -0.358 e. The molecule has 0 nitrogen and oxygen atoms in total. The van der Waals surface area contributed by atoms with Crippen molar-refractivity contribution in [2.45, 2.75) is 26.2 Å². The van der Waals surface area contributed by atoms with Crippen LogP contribution in [0.4, 0.5) is 0 Å². The molecule has 0 unspecified atom stereocenters. The van der Waals surface area contributed by atoms with Crippen LogP contribution in [0.2, 0.25) is 0 Å². The summed E-state index contributed by atoms with van der Waals surface area (Å²) in [7, 11) is 0. The molecule has 0 aromatic rings. The molecule has 1 aliphatic rings. The van der Waals surface area contributed by atoms with Crippen LogP contribution in [-0.4, -0.2) is 0 Å². The van der Waals surface area contributed by atoms with Gasteiger partial charge in [-0.1, -0.05) is 13.3 Å². The summed E-state index contributed by atoms with van der Waals surface area (Å²) in [5, 5.41) is 0.